The van der Waals surface area contributed by atoms with Crippen molar-refractivity contribution in [1.29, 1.82) is 0 Å². The van der Waals surface area contributed by atoms with Crippen LogP contribution in [0.4, 0.5) is 0 Å². The van der Waals surface area contributed by atoms with Gasteiger partial charge in [-0.2, -0.15) is 0 Å². The molecule has 0 aliphatic heterocycles. The quantitative estimate of drug-likeness (QED) is 0.661. The van der Waals surface area contributed by atoms with Crippen LogP contribution in [0.2, 0.25) is 0 Å². The van der Waals surface area contributed by atoms with Gasteiger partial charge in [-0.05, 0) is 17.7 Å². The van der Waals surface area contributed by atoms with Crippen molar-refractivity contribution in [2.75, 3.05) is 0 Å². The van der Waals surface area contributed by atoms with Crippen LogP contribution in [-0.4, -0.2) is 15.0 Å². The highest BCUT2D eigenvalue weighted by atomic mass is 16.5. The molecule has 2 aromatic heterocycles. The first-order valence-corrected chi connectivity index (χ1v) is 5.80. The lowest BCUT2D eigenvalue weighted by Gasteiger charge is -2.06. The van der Waals surface area contributed by atoms with Gasteiger partial charge in [-0.25, -0.2) is 9.78 Å². The summed E-state index contributed by atoms with van der Waals surface area (Å²) in [6.07, 6.45) is 1.58. The summed E-state index contributed by atoms with van der Waals surface area (Å²) >= 11 is 0. The number of nitrogens with one attached hydrogen (secondary N) is 2. The first-order chi connectivity index (χ1) is 9.26. The Labute approximate surface area is 108 Å². The summed E-state index contributed by atoms with van der Waals surface area (Å²) in [6.45, 7) is 0.491. The Bertz CT molecular complexity index is 758. The van der Waals surface area contributed by atoms with Gasteiger partial charge in [0.1, 0.15) is 11.3 Å². The van der Waals surface area contributed by atoms with E-state index in [1.807, 2.05) is 24.3 Å². The lowest BCUT2D eigenvalue weighted by Crippen LogP contribution is -1.99. The minimum Gasteiger partial charge on any atom is -0.455 e. The number of imidazole rings is 1. The van der Waals surface area contributed by atoms with E-state index >= 15 is 0 Å². The second kappa shape index (κ2) is 4.58. The maximum absolute atomic E-state index is 11.3. The number of nitrogens with zero attached hydrogens (tertiary/aromatic N) is 1. The van der Waals surface area contributed by atoms with Crippen molar-refractivity contribution < 1.29 is 4.74 Å². The van der Waals surface area contributed by atoms with Crippen LogP contribution in [0.25, 0.3) is 11.2 Å². The predicted octanol–water partition coefficient (Wildman–Crippen LogP) is 1.50. The maximum atomic E-state index is 11.3. The Balaban J connectivity index is 1.98. The molecule has 0 aliphatic carbocycles. The Hall–Kier alpha value is -2.60. The van der Waals surface area contributed by atoms with E-state index in [2.05, 4.69) is 15.0 Å². The molecule has 0 bridgehead atoms. The number of hydrogen-bond acceptors (Lipinski definition) is 4. The van der Waals surface area contributed by atoms with Gasteiger partial charge in [-0.15, -0.1) is 0 Å². The number of H-pyrrole nitrogens is 2. The molecule has 6 nitrogen and oxygen atoms in total. The van der Waals surface area contributed by atoms with Crippen LogP contribution in [-0.2, 0) is 6.54 Å². The van der Waals surface area contributed by atoms with E-state index in [1.165, 1.54) is 0 Å². The molecule has 0 saturated carbocycles. The van der Waals surface area contributed by atoms with Crippen LogP contribution in [0, 0.1) is 0 Å². The van der Waals surface area contributed by atoms with E-state index in [4.69, 9.17) is 10.5 Å². The molecule has 3 rings (SSSR count). The summed E-state index contributed by atoms with van der Waals surface area (Å²) in [7, 11) is 0. The van der Waals surface area contributed by atoms with Gasteiger partial charge >= 0.3 is 5.69 Å². The Morgan fingerprint density at radius 2 is 1.95 bits per heavy atom. The number of rotatable bonds is 3. The highest BCUT2D eigenvalue weighted by molar-refractivity contribution is 5.77. The average molecular weight is 256 g/mol. The van der Waals surface area contributed by atoms with Crippen molar-refractivity contribution >= 4 is 11.2 Å². The van der Waals surface area contributed by atoms with Crippen molar-refractivity contribution in [1.82, 2.24) is 15.0 Å². The average Bonchev–Trinajstić information content (AvgIpc) is 2.81. The van der Waals surface area contributed by atoms with Crippen molar-refractivity contribution in [3.05, 3.63) is 52.6 Å². The van der Waals surface area contributed by atoms with Crippen LogP contribution in [0.3, 0.4) is 0 Å². The molecule has 0 fully saturated rings. The summed E-state index contributed by atoms with van der Waals surface area (Å²) in [5.41, 5.74) is 7.28. The van der Waals surface area contributed by atoms with Gasteiger partial charge in [-0.1, -0.05) is 12.1 Å². The van der Waals surface area contributed by atoms with Gasteiger partial charge in [0.15, 0.2) is 11.4 Å². The highest BCUT2D eigenvalue weighted by Crippen LogP contribution is 2.26. The molecular weight excluding hydrogens is 244 g/mol. The van der Waals surface area contributed by atoms with E-state index in [0.717, 1.165) is 5.56 Å². The summed E-state index contributed by atoms with van der Waals surface area (Å²) in [5.74, 6) is 1.22. The molecule has 4 N–H and O–H groups in total. The van der Waals surface area contributed by atoms with E-state index in [0.29, 0.717) is 29.2 Å². The number of fused-ring (bicyclic) bond motifs is 1. The molecule has 0 spiro atoms. The number of nitrogens with two attached hydrogens (primary N) is 1. The summed E-state index contributed by atoms with van der Waals surface area (Å²) in [5, 5.41) is 0. The number of aromatic amines is 2. The number of aromatic nitrogens is 3. The van der Waals surface area contributed by atoms with Crippen molar-refractivity contribution in [2.24, 2.45) is 5.73 Å². The predicted molar refractivity (Wildman–Crippen MR) is 71.1 cm³/mol. The highest BCUT2D eigenvalue weighted by Gasteiger charge is 2.07. The van der Waals surface area contributed by atoms with Gasteiger partial charge in [0, 0.05) is 18.8 Å². The fourth-order valence-corrected chi connectivity index (χ4v) is 1.82. The molecule has 6 heteroatoms. The van der Waals surface area contributed by atoms with E-state index in [-0.39, 0.29) is 5.69 Å². The molecule has 0 aliphatic rings. The number of benzene rings is 1. The first-order valence-electron chi connectivity index (χ1n) is 5.80. The summed E-state index contributed by atoms with van der Waals surface area (Å²) < 4.78 is 5.73. The normalized spacial score (nSPS) is 10.8. The summed E-state index contributed by atoms with van der Waals surface area (Å²) in [4.78, 5) is 20.5. The third kappa shape index (κ3) is 2.21. The molecule has 0 unspecified atom stereocenters. The fourth-order valence-electron chi connectivity index (χ4n) is 1.82. The Morgan fingerprint density at radius 3 is 2.68 bits per heavy atom. The zero-order chi connectivity index (χ0) is 13.2. The van der Waals surface area contributed by atoms with Gasteiger partial charge < -0.3 is 15.5 Å². The van der Waals surface area contributed by atoms with Crippen LogP contribution < -0.4 is 16.2 Å². The molecule has 19 heavy (non-hydrogen) atoms. The third-order valence-electron chi connectivity index (χ3n) is 2.77. The molecule has 0 saturated heterocycles. The molecule has 3 aromatic rings. The maximum Gasteiger partial charge on any atom is 0.325 e. The third-order valence-corrected chi connectivity index (χ3v) is 2.77. The second-order valence-electron chi connectivity index (χ2n) is 4.06. The Morgan fingerprint density at radius 1 is 1.16 bits per heavy atom. The molecule has 0 atom stereocenters. The van der Waals surface area contributed by atoms with Crippen LogP contribution in [0.1, 0.15) is 5.56 Å². The molecule has 0 radical (unpaired) electrons. The fraction of sp³-hybridized carbons (Fsp3) is 0.0769. The zero-order valence-electron chi connectivity index (χ0n) is 10.0. The van der Waals surface area contributed by atoms with E-state index in [1.54, 1.807) is 12.3 Å². The minimum absolute atomic E-state index is 0.308. The van der Waals surface area contributed by atoms with Crippen molar-refractivity contribution in [2.45, 2.75) is 6.54 Å². The Kier molecular flexibility index (Phi) is 2.77. The van der Waals surface area contributed by atoms with Gasteiger partial charge in [0.05, 0.1) is 0 Å². The SMILES string of the molecule is NCc1ccc(Oc2ccnc3[nH]c(=O)[nH]c23)cc1. The van der Waals surface area contributed by atoms with Gasteiger partial charge in [-0.3, -0.25) is 4.98 Å². The minimum atomic E-state index is -0.308. The first kappa shape index (κ1) is 11.5. The molecule has 2 heterocycles. The van der Waals surface area contributed by atoms with Crippen LogP contribution in [0.5, 0.6) is 11.5 Å². The second-order valence-corrected chi connectivity index (χ2v) is 4.06. The largest absolute Gasteiger partial charge is 0.455 e. The topological polar surface area (TPSA) is 96.8 Å². The summed E-state index contributed by atoms with van der Waals surface area (Å²) in [6, 6.07) is 9.16. The van der Waals surface area contributed by atoms with Gasteiger partial charge in [0.25, 0.3) is 0 Å². The number of pyridine rings is 1. The lowest BCUT2D eigenvalue weighted by atomic mass is 10.2. The van der Waals surface area contributed by atoms with Crippen molar-refractivity contribution in [3.8, 4) is 11.5 Å². The number of ether oxygens (including phenoxy) is 1. The molecule has 96 valence electrons. The smallest absolute Gasteiger partial charge is 0.325 e. The zero-order valence-corrected chi connectivity index (χ0v) is 10.0. The van der Waals surface area contributed by atoms with Crippen LogP contribution in [0.15, 0.2) is 41.3 Å². The number of hydrogen-bond donors (Lipinski definition) is 3. The van der Waals surface area contributed by atoms with E-state index < -0.39 is 0 Å². The monoisotopic (exact) mass is 256 g/mol. The standard InChI is InChI=1S/C13H12N4O2/c14-7-8-1-3-9(4-2-8)19-10-5-6-15-12-11(10)16-13(18)17-12/h1-6H,7,14H2,(H2,15,16,17,18). The van der Waals surface area contributed by atoms with E-state index in [9.17, 15) is 4.79 Å². The lowest BCUT2D eigenvalue weighted by molar-refractivity contribution is 0.486. The molecule has 1 aromatic carbocycles. The van der Waals surface area contributed by atoms with Crippen molar-refractivity contribution in [3.63, 3.8) is 0 Å². The van der Waals surface area contributed by atoms with Crippen LogP contribution >= 0.6 is 0 Å². The molecule has 0 amide bonds. The molecular formula is C13H12N4O2. The van der Waals surface area contributed by atoms with Gasteiger partial charge in [0.2, 0.25) is 0 Å².